The molecule has 0 spiro atoms. The van der Waals surface area contributed by atoms with Crippen molar-refractivity contribution < 1.29 is 0 Å². The van der Waals surface area contributed by atoms with Crippen LogP contribution < -0.4 is 10.6 Å². The molecular formula is C17H23ClN6. The van der Waals surface area contributed by atoms with Crippen LogP contribution in [0.2, 0.25) is 5.15 Å². The zero-order valence-electron chi connectivity index (χ0n) is 13.9. The second-order valence-electron chi connectivity index (χ2n) is 6.07. The summed E-state index contributed by atoms with van der Waals surface area (Å²) in [4.78, 5) is 17.2. The lowest BCUT2D eigenvalue weighted by atomic mass is 10.1. The van der Waals surface area contributed by atoms with Gasteiger partial charge in [0.1, 0.15) is 11.0 Å². The van der Waals surface area contributed by atoms with Crippen LogP contribution in [0, 0.1) is 0 Å². The molecule has 2 N–H and O–H groups in total. The maximum absolute atomic E-state index is 6.09. The molecule has 0 saturated carbocycles. The standard InChI is InChI=1S/C17H23ClN6/c1-2-23-9-3-4-14(23)12-24(11-13-5-7-20-8-6-13)16-10-15(18)21-17(19)22-16/h5-8,10,14H,2-4,9,11-12H2,1H3,(H2,19,21,22). The fraction of sp³-hybridized carbons (Fsp3) is 0.471. The topological polar surface area (TPSA) is 71.2 Å². The molecule has 1 aliphatic heterocycles. The zero-order valence-corrected chi connectivity index (χ0v) is 14.7. The fourth-order valence-corrected chi connectivity index (χ4v) is 3.49. The molecule has 1 aliphatic rings. The Hall–Kier alpha value is -1.92. The molecule has 1 unspecified atom stereocenters. The highest BCUT2D eigenvalue weighted by Crippen LogP contribution is 2.24. The van der Waals surface area contributed by atoms with Crippen LogP contribution in [-0.2, 0) is 6.54 Å². The predicted octanol–water partition coefficient (Wildman–Crippen LogP) is 2.60. The largest absolute Gasteiger partial charge is 0.368 e. The molecule has 7 heteroatoms. The number of nitrogens with zero attached hydrogens (tertiary/aromatic N) is 5. The van der Waals surface area contributed by atoms with E-state index in [4.69, 9.17) is 17.3 Å². The zero-order chi connectivity index (χ0) is 16.9. The van der Waals surface area contributed by atoms with Crippen LogP contribution in [-0.4, -0.2) is 45.5 Å². The maximum Gasteiger partial charge on any atom is 0.223 e. The first-order valence-electron chi connectivity index (χ1n) is 8.33. The van der Waals surface area contributed by atoms with Crippen LogP contribution >= 0.6 is 11.6 Å². The number of likely N-dealkylation sites (tertiary alicyclic amines) is 1. The van der Waals surface area contributed by atoms with E-state index in [0.717, 1.165) is 32.0 Å². The fourth-order valence-electron chi connectivity index (χ4n) is 3.31. The number of rotatable bonds is 6. The summed E-state index contributed by atoms with van der Waals surface area (Å²) in [6, 6.07) is 6.34. The van der Waals surface area contributed by atoms with E-state index in [9.17, 15) is 0 Å². The van der Waals surface area contributed by atoms with Crippen LogP contribution in [0.3, 0.4) is 0 Å². The number of hydrogen-bond donors (Lipinski definition) is 1. The normalized spacial score (nSPS) is 18.0. The second-order valence-corrected chi connectivity index (χ2v) is 6.45. The van der Waals surface area contributed by atoms with E-state index in [0.29, 0.717) is 11.2 Å². The average molecular weight is 347 g/mol. The summed E-state index contributed by atoms with van der Waals surface area (Å²) in [5, 5.41) is 0.371. The van der Waals surface area contributed by atoms with Gasteiger partial charge >= 0.3 is 0 Å². The van der Waals surface area contributed by atoms with Crippen LogP contribution in [0.5, 0.6) is 0 Å². The molecule has 128 valence electrons. The number of nitrogens with two attached hydrogens (primary N) is 1. The lowest BCUT2D eigenvalue weighted by Crippen LogP contribution is -2.40. The molecule has 2 aromatic rings. The first kappa shape index (κ1) is 16.9. The first-order valence-corrected chi connectivity index (χ1v) is 8.71. The van der Waals surface area contributed by atoms with Gasteiger partial charge in [-0.25, -0.2) is 4.98 Å². The van der Waals surface area contributed by atoms with Gasteiger partial charge in [0, 0.05) is 37.6 Å². The van der Waals surface area contributed by atoms with Gasteiger partial charge in [0.05, 0.1) is 0 Å². The highest BCUT2D eigenvalue weighted by molar-refractivity contribution is 6.29. The first-order chi connectivity index (χ1) is 11.7. The van der Waals surface area contributed by atoms with Crippen molar-refractivity contribution in [1.82, 2.24) is 19.9 Å². The van der Waals surface area contributed by atoms with Crippen molar-refractivity contribution in [3.05, 3.63) is 41.3 Å². The van der Waals surface area contributed by atoms with Crippen molar-refractivity contribution in [1.29, 1.82) is 0 Å². The quantitative estimate of drug-likeness (QED) is 0.811. The molecule has 1 atom stereocenters. The Kier molecular flexibility index (Phi) is 5.48. The summed E-state index contributed by atoms with van der Waals surface area (Å²) >= 11 is 6.09. The van der Waals surface area contributed by atoms with E-state index in [-0.39, 0.29) is 5.95 Å². The SMILES string of the molecule is CCN1CCCC1CN(Cc1ccncc1)c1cc(Cl)nc(N)n1. The van der Waals surface area contributed by atoms with Gasteiger partial charge in [-0.05, 0) is 43.6 Å². The van der Waals surface area contributed by atoms with E-state index in [1.165, 1.54) is 18.4 Å². The number of pyridine rings is 1. The van der Waals surface area contributed by atoms with Crippen molar-refractivity contribution >= 4 is 23.4 Å². The van der Waals surface area contributed by atoms with Gasteiger partial charge in [0.2, 0.25) is 5.95 Å². The lowest BCUT2D eigenvalue weighted by Gasteiger charge is -2.31. The summed E-state index contributed by atoms with van der Waals surface area (Å²) in [6.45, 7) is 6.08. The molecule has 3 rings (SSSR count). The van der Waals surface area contributed by atoms with Gasteiger partial charge in [-0.1, -0.05) is 18.5 Å². The number of aromatic nitrogens is 3. The molecular weight excluding hydrogens is 324 g/mol. The maximum atomic E-state index is 6.09. The Labute approximate surface area is 147 Å². The summed E-state index contributed by atoms with van der Waals surface area (Å²) in [6.07, 6.45) is 6.06. The van der Waals surface area contributed by atoms with E-state index < -0.39 is 0 Å². The molecule has 3 heterocycles. The van der Waals surface area contributed by atoms with Crippen LogP contribution in [0.4, 0.5) is 11.8 Å². The number of hydrogen-bond acceptors (Lipinski definition) is 6. The van der Waals surface area contributed by atoms with Gasteiger partial charge in [-0.2, -0.15) is 4.98 Å². The summed E-state index contributed by atoms with van der Waals surface area (Å²) < 4.78 is 0. The highest BCUT2D eigenvalue weighted by atomic mass is 35.5. The van der Waals surface area contributed by atoms with Gasteiger partial charge in [-0.15, -0.1) is 0 Å². The van der Waals surface area contributed by atoms with Crippen LogP contribution in [0.15, 0.2) is 30.6 Å². The Balaban J connectivity index is 1.85. The molecule has 6 nitrogen and oxygen atoms in total. The van der Waals surface area contributed by atoms with Gasteiger partial charge in [-0.3, -0.25) is 9.88 Å². The molecule has 0 radical (unpaired) electrons. The number of anilines is 2. The minimum Gasteiger partial charge on any atom is -0.368 e. The Bertz CT molecular complexity index is 645. The summed E-state index contributed by atoms with van der Waals surface area (Å²) in [5.41, 5.74) is 6.98. The number of halogens is 1. The van der Waals surface area contributed by atoms with Gasteiger partial charge in [0.15, 0.2) is 0 Å². The lowest BCUT2D eigenvalue weighted by molar-refractivity contribution is 0.268. The average Bonchev–Trinajstić information content (AvgIpc) is 3.01. The molecule has 24 heavy (non-hydrogen) atoms. The molecule has 0 bridgehead atoms. The van der Waals surface area contributed by atoms with Crippen LogP contribution in [0.1, 0.15) is 25.3 Å². The molecule has 0 aliphatic carbocycles. The highest BCUT2D eigenvalue weighted by Gasteiger charge is 2.26. The van der Waals surface area contributed by atoms with Crippen molar-refractivity contribution in [2.24, 2.45) is 0 Å². The molecule has 0 aromatic carbocycles. The van der Waals surface area contributed by atoms with Crippen molar-refractivity contribution in [3.63, 3.8) is 0 Å². The summed E-state index contributed by atoms with van der Waals surface area (Å²) in [7, 11) is 0. The smallest absolute Gasteiger partial charge is 0.223 e. The molecule has 1 fully saturated rings. The Morgan fingerprint density at radius 2 is 2.12 bits per heavy atom. The second kappa shape index (κ2) is 7.77. The van der Waals surface area contributed by atoms with Crippen molar-refractivity contribution in [2.75, 3.05) is 30.3 Å². The third kappa shape index (κ3) is 4.13. The van der Waals surface area contributed by atoms with Gasteiger partial charge in [0.25, 0.3) is 0 Å². The molecule has 1 saturated heterocycles. The Morgan fingerprint density at radius 1 is 1.33 bits per heavy atom. The van der Waals surface area contributed by atoms with Crippen molar-refractivity contribution in [3.8, 4) is 0 Å². The van der Waals surface area contributed by atoms with Crippen molar-refractivity contribution in [2.45, 2.75) is 32.4 Å². The monoisotopic (exact) mass is 346 g/mol. The number of likely N-dealkylation sites (N-methyl/N-ethyl adjacent to an activating group) is 1. The van der Waals surface area contributed by atoms with E-state index in [1.807, 2.05) is 24.5 Å². The molecule has 0 amide bonds. The van der Waals surface area contributed by atoms with Crippen LogP contribution in [0.25, 0.3) is 0 Å². The third-order valence-corrected chi connectivity index (χ3v) is 4.68. The molecule has 2 aromatic heterocycles. The number of nitrogen functional groups attached to an aromatic ring is 1. The van der Waals surface area contributed by atoms with E-state index in [1.54, 1.807) is 6.07 Å². The van der Waals surface area contributed by atoms with Gasteiger partial charge < -0.3 is 10.6 Å². The van der Waals surface area contributed by atoms with E-state index in [2.05, 4.69) is 31.7 Å². The minimum absolute atomic E-state index is 0.205. The third-order valence-electron chi connectivity index (χ3n) is 4.48. The van der Waals surface area contributed by atoms with E-state index >= 15 is 0 Å². The Morgan fingerprint density at radius 3 is 2.83 bits per heavy atom. The predicted molar refractivity (Wildman–Crippen MR) is 97.0 cm³/mol. The minimum atomic E-state index is 0.205. The summed E-state index contributed by atoms with van der Waals surface area (Å²) in [5.74, 6) is 0.975.